The molecule has 0 bridgehead atoms. The van der Waals surface area contributed by atoms with Gasteiger partial charge in [0.1, 0.15) is 17.2 Å². The molecule has 2 aromatic heterocycles. The van der Waals surface area contributed by atoms with E-state index in [4.69, 9.17) is 4.74 Å². The minimum Gasteiger partial charge on any atom is -0.497 e. The van der Waals surface area contributed by atoms with E-state index in [1.165, 1.54) is 18.3 Å². The molecule has 0 unspecified atom stereocenters. The summed E-state index contributed by atoms with van der Waals surface area (Å²) in [6, 6.07) is 9.56. The van der Waals surface area contributed by atoms with E-state index >= 15 is 0 Å². The minimum absolute atomic E-state index is 0.00386. The number of methoxy groups -OCH3 is 1. The average Bonchev–Trinajstić information content (AvgIpc) is 3.09. The van der Waals surface area contributed by atoms with Gasteiger partial charge in [-0.15, -0.1) is 0 Å². The fraction of sp³-hybridized carbons (Fsp3) is 0.263. The van der Waals surface area contributed by atoms with Crippen LogP contribution in [0.1, 0.15) is 29.1 Å². The molecule has 0 spiro atoms. The van der Waals surface area contributed by atoms with Crippen LogP contribution in [0.2, 0.25) is 0 Å². The topological polar surface area (TPSA) is 76.2 Å². The number of aromatic nitrogens is 2. The van der Waals surface area contributed by atoms with Crippen LogP contribution in [0.5, 0.6) is 11.5 Å². The Kier molecular flexibility index (Phi) is 5.43. The summed E-state index contributed by atoms with van der Waals surface area (Å²) in [6.45, 7) is 0.341. The van der Waals surface area contributed by atoms with Crippen molar-refractivity contribution < 1.29 is 27.4 Å². The van der Waals surface area contributed by atoms with E-state index < -0.39 is 18.8 Å². The third-order valence-electron chi connectivity index (χ3n) is 4.03. The molecule has 0 radical (unpaired) electrons. The number of carbonyl (C=O) groups excluding carboxylic acids is 1. The number of ether oxygens (including phenoxy) is 2. The maximum Gasteiger partial charge on any atom is 0.422 e. The molecule has 3 rings (SSSR count). The second kappa shape index (κ2) is 7.79. The number of amides is 1. The third-order valence-corrected chi connectivity index (χ3v) is 4.03. The first-order valence-corrected chi connectivity index (χ1v) is 8.38. The van der Waals surface area contributed by atoms with Gasteiger partial charge in [0.15, 0.2) is 6.61 Å². The van der Waals surface area contributed by atoms with Crippen LogP contribution >= 0.6 is 0 Å². The van der Waals surface area contributed by atoms with Gasteiger partial charge in [-0.25, -0.2) is 0 Å². The molecule has 148 valence electrons. The van der Waals surface area contributed by atoms with Gasteiger partial charge in [-0.05, 0) is 43.3 Å². The summed E-state index contributed by atoms with van der Waals surface area (Å²) in [4.78, 5) is 19.6. The number of nitrogens with one attached hydrogen (secondary N) is 2. The Balaban J connectivity index is 1.65. The van der Waals surface area contributed by atoms with E-state index in [2.05, 4.69) is 20.0 Å². The van der Waals surface area contributed by atoms with E-state index in [1.54, 1.807) is 26.2 Å². The van der Waals surface area contributed by atoms with Crippen LogP contribution in [0, 0.1) is 0 Å². The lowest BCUT2D eigenvalue weighted by atomic mass is 10.2. The molecular formula is C19H18F3N3O3. The minimum atomic E-state index is -4.41. The summed E-state index contributed by atoms with van der Waals surface area (Å²) in [5.74, 6) is 0.356. The monoisotopic (exact) mass is 393 g/mol. The van der Waals surface area contributed by atoms with Crippen molar-refractivity contribution in [1.29, 1.82) is 0 Å². The quantitative estimate of drug-likeness (QED) is 0.664. The highest BCUT2D eigenvalue weighted by Crippen LogP contribution is 2.22. The molecule has 2 N–H and O–H groups in total. The fourth-order valence-electron chi connectivity index (χ4n) is 2.61. The molecule has 0 fully saturated rings. The van der Waals surface area contributed by atoms with Crippen molar-refractivity contribution in [1.82, 2.24) is 15.3 Å². The summed E-state index contributed by atoms with van der Waals surface area (Å²) >= 11 is 0. The van der Waals surface area contributed by atoms with Gasteiger partial charge in [0.25, 0.3) is 5.91 Å². The first kappa shape index (κ1) is 19.5. The van der Waals surface area contributed by atoms with E-state index in [1.807, 2.05) is 12.1 Å². The summed E-state index contributed by atoms with van der Waals surface area (Å²) in [7, 11) is 1.57. The van der Waals surface area contributed by atoms with Gasteiger partial charge in [0.05, 0.1) is 25.0 Å². The summed E-state index contributed by atoms with van der Waals surface area (Å²) in [6.07, 6.45) is -3.22. The van der Waals surface area contributed by atoms with Crippen molar-refractivity contribution in [2.24, 2.45) is 0 Å². The Labute approximate surface area is 158 Å². The maximum atomic E-state index is 12.5. The zero-order valence-electron chi connectivity index (χ0n) is 15.1. The number of alkyl halides is 3. The lowest BCUT2D eigenvalue weighted by Gasteiger charge is -2.14. The van der Waals surface area contributed by atoms with Crippen molar-refractivity contribution in [3.63, 3.8) is 0 Å². The molecule has 9 heteroatoms. The van der Waals surface area contributed by atoms with Gasteiger partial charge in [-0.3, -0.25) is 9.78 Å². The van der Waals surface area contributed by atoms with Gasteiger partial charge in [0.2, 0.25) is 0 Å². The van der Waals surface area contributed by atoms with E-state index in [-0.39, 0.29) is 11.7 Å². The summed E-state index contributed by atoms with van der Waals surface area (Å²) < 4.78 is 46.3. The number of hydrogen-bond acceptors (Lipinski definition) is 4. The molecule has 1 aromatic carbocycles. The summed E-state index contributed by atoms with van der Waals surface area (Å²) in [5.41, 5.74) is 1.66. The molecule has 1 amide bonds. The van der Waals surface area contributed by atoms with Crippen LogP contribution in [-0.4, -0.2) is 35.8 Å². The summed E-state index contributed by atoms with van der Waals surface area (Å²) in [5, 5.41) is 3.63. The lowest BCUT2D eigenvalue weighted by Crippen LogP contribution is -2.27. The fourth-order valence-corrected chi connectivity index (χ4v) is 2.61. The first-order valence-electron chi connectivity index (χ1n) is 8.38. The Morgan fingerprint density at radius 1 is 1.21 bits per heavy atom. The standard InChI is InChI=1S/C19H18F3N3O3/c1-11(15-5-4-14(9-23-15)28-10-19(20,21)22)24-18(26)17-8-12-7-13(27-2)3-6-16(12)25-17/h3-9,11,25H,10H2,1-2H3,(H,24,26)/t11-/m1/s1. The second-order valence-corrected chi connectivity index (χ2v) is 6.15. The predicted molar refractivity (Wildman–Crippen MR) is 96.5 cm³/mol. The highest BCUT2D eigenvalue weighted by Gasteiger charge is 2.28. The number of rotatable bonds is 6. The molecule has 1 atom stereocenters. The Morgan fingerprint density at radius 3 is 2.61 bits per heavy atom. The zero-order valence-corrected chi connectivity index (χ0v) is 15.1. The van der Waals surface area contributed by atoms with E-state index in [9.17, 15) is 18.0 Å². The molecule has 0 aliphatic rings. The third kappa shape index (κ3) is 4.73. The molecule has 0 saturated carbocycles. The number of fused-ring (bicyclic) bond motifs is 1. The van der Waals surface area contributed by atoms with Crippen molar-refractivity contribution in [2.75, 3.05) is 13.7 Å². The second-order valence-electron chi connectivity index (χ2n) is 6.15. The molecule has 0 aliphatic carbocycles. The normalized spacial score (nSPS) is 12.6. The molecule has 3 aromatic rings. The van der Waals surface area contributed by atoms with Gasteiger partial charge in [-0.1, -0.05) is 0 Å². The number of aromatic amines is 1. The van der Waals surface area contributed by atoms with Crippen molar-refractivity contribution in [3.8, 4) is 11.5 Å². The Bertz CT molecular complexity index is 968. The van der Waals surface area contributed by atoms with Crippen LogP contribution in [-0.2, 0) is 0 Å². The molecule has 6 nitrogen and oxygen atoms in total. The number of nitrogens with zero attached hydrogens (tertiary/aromatic N) is 1. The van der Waals surface area contributed by atoms with Crippen LogP contribution < -0.4 is 14.8 Å². The Hall–Kier alpha value is -3.23. The largest absolute Gasteiger partial charge is 0.497 e. The SMILES string of the molecule is COc1ccc2[nH]c(C(=O)N[C@H](C)c3ccc(OCC(F)(F)F)cn3)cc2c1. The van der Waals surface area contributed by atoms with Gasteiger partial charge in [-0.2, -0.15) is 13.2 Å². The van der Waals surface area contributed by atoms with E-state index in [0.717, 1.165) is 10.9 Å². The molecule has 0 aliphatic heterocycles. The van der Waals surface area contributed by atoms with Crippen LogP contribution in [0.4, 0.5) is 13.2 Å². The highest BCUT2D eigenvalue weighted by atomic mass is 19.4. The number of carbonyl (C=O) groups is 1. The van der Waals surface area contributed by atoms with Crippen LogP contribution in [0.3, 0.4) is 0 Å². The zero-order chi connectivity index (χ0) is 20.3. The van der Waals surface area contributed by atoms with Crippen molar-refractivity contribution in [2.45, 2.75) is 19.1 Å². The number of halogens is 3. The van der Waals surface area contributed by atoms with Gasteiger partial charge < -0.3 is 19.8 Å². The highest BCUT2D eigenvalue weighted by molar-refractivity contribution is 5.98. The molecule has 0 saturated heterocycles. The number of H-pyrrole nitrogens is 1. The number of benzene rings is 1. The Morgan fingerprint density at radius 2 is 1.96 bits per heavy atom. The van der Waals surface area contributed by atoms with Gasteiger partial charge in [0, 0.05) is 10.9 Å². The maximum absolute atomic E-state index is 12.5. The number of pyridine rings is 1. The smallest absolute Gasteiger partial charge is 0.422 e. The lowest BCUT2D eigenvalue weighted by molar-refractivity contribution is -0.153. The van der Waals surface area contributed by atoms with Crippen molar-refractivity contribution in [3.05, 3.63) is 54.0 Å². The number of hydrogen-bond donors (Lipinski definition) is 2. The first-order chi connectivity index (χ1) is 13.2. The van der Waals surface area contributed by atoms with Crippen molar-refractivity contribution >= 4 is 16.8 Å². The van der Waals surface area contributed by atoms with Crippen LogP contribution in [0.15, 0.2) is 42.6 Å². The van der Waals surface area contributed by atoms with Gasteiger partial charge >= 0.3 is 6.18 Å². The molecular weight excluding hydrogens is 375 g/mol. The average molecular weight is 393 g/mol. The molecule has 2 heterocycles. The predicted octanol–water partition coefficient (Wildman–Crippen LogP) is 4.00. The molecule has 28 heavy (non-hydrogen) atoms. The van der Waals surface area contributed by atoms with Crippen LogP contribution in [0.25, 0.3) is 10.9 Å². The van der Waals surface area contributed by atoms with E-state index in [0.29, 0.717) is 17.1 Å².